The molecular weight excluding hydrogens is 466 g/mol. The lowest BCUT2D eigenvalue weighted by Gasteiger charge is -2.11. The predicted octanol–water partition coefficient (Wildman–Crippen LogP) is 5.75. The number of ether oxygens (including phenoxy) is 1. The minimum Gasteiger partial charge on any atom is -0.496 e. The van der Waals surface area contributed by atoms with Crippen LogP contribution in [0.5, 0.6) is 5.75 Å². The van der Waals surface area contributed by atoms with Gasteiger partial charge in [0.1, 0.15) is 5.75 Å². The highest BCUT2D eigenvalue weighted by Crippen LogP contribution is 2.26. The lowest BCUT2D eigenvalue weighted by Crippen LogP contribution is -2.12. The molecule has 8 heteroatoms. The number of aryl methyl sites for hydroxylation is 1. The first-order valence-corrected chi connectivity index (χ1v) is 12.9. The van der Waals surface area contributed by atoms with Gasteiger partial charge in [-0.05, 0) is 61.5 Å². The van der Waals surface area contributed by atoms with Gasteiger partial charge in [-0.15, -0.1) is 11.8 Å². The molecule has 3 aromatic rings. The Hall–Kier alpha value is -2.48. The van der Waals surface area contributed by atoms with Crippen LogP contribution in [0.2, 0.25) is 5.02 Å². The lowest BCUT2D eigenvalue weighted by atomic mass is 10.1. The van der Waals surface area contributed by atoms with Gasteiger partial charge in [-0.1, -0.05) is 29.3 Å². The molecule has 0 bridgehead atoms. The van der Waals surface area contributed by atoms with Crippen LogP contribution in [-0.2, 0) is 20.4 Å². The summed E-state index contributed by atoms with van der Waals surface area (Å²) >= 11 is 7.44. The summed E-state index contributed by atoms with van der Waals surface area (Å²) in [7, 11) is -2.04. The van der Waals surface area contributed by atoms with Crippen molar-refractivity contribution >= 4 is 44.8 Å². The second kappa shape index (κ2) is 10.9. The van der Waals surface area contributed by atoms with Crippen LogP contribution >= 0.6 is 23.4 Å². The van der Waals surface area contributed by atoms with E-state index in [4.69, 9.17) is 16.3 Å². The number of benzene rings is 3. The third-order valence-electron chi connectivity index (χ3n) is 4.69. The molecular formula is C24H24ClNO4S2. The summed E-state index contributed by atoms with van der Waals surface area (Å²) in [5, 5.41) is 3.48. The molecule has 0 aromatic heterocycles. The van der Waals surface area contributed by atoms with Crippen LogP contribution in [0, 0.1) is 6.92 Å². The molecule has 3 aromatic carbocycles. The van der Waals surface area contributed by atoms with Crippen LogP contribution in [-0.4, -0.2) is 27.2 Å². The van der Waals surface area contributed by atoms with Crippen molar-refractivity contribution in [2.24, 2.45) is 0 Å². The van der Waals surface area contributed by atoms with Crippen molar-refractivity contribution in [1.82, 2.24) is 0 Å². The van der Waals surface area contributed by atoms with Crippen LogP contribution in [0.3, 0.4) is 0 Å². The van der Waals surface area contributed by atoms with Crippen LogP contribution in [0.4, 0.5) is 5.69 Å². The first kappa shape index (κ1) is 24.2. The summed E-state index contributed by atoms with van der Waals surface area (Å²) in [5.41, 5.74) is 2.13. The van der Waals surface area contributed by atoms with Gasteiger partial charge in [-0.25, -0.2) is 8.42 Å². The number of sulfone groups is 1. The lowest BCUT2D eigenvalue weighted by molar-refractivity contribution is -0.115. The quantitative estimate of drug-likeness (QED) is 0.387. The van der Waals surface area contributed by atoms with E-state index in [1.165, 1.54) is 19.2 Å². The number of anilines is 1. The third-order valence-corrected chi connectivity index (χ3v) is 7.64. The Labute approximate surface area is 198 Å². The topological polar surface area (TPSA) is 72.5 Å². The number of halogens is 1. The van der Waals surface area contributed by atoms with Gasteiger partial charge in [0.25, 0.3) is 0 Å². The number of thioether (sulfide) groups is 1. The molecule has 5 nitrogen and oxygen atoms in total. The molecule has 0 saturated carbocycles. The Bertz CT molecular complexity index is 1180. The molecule has 3 rings (SSSR count). The van der Waals surface area contributed by atoms with E-state index >= 15 is 0 Å². The van der Waals surface area contributed by atoms with Crippen molar-refractivity contribution in [1.29, 1.82) is 0 Å². The highest BCUT2D eigenvalue weighted by atomic mass is 35.5. The smallest absolute Gasteiger partial charge is 0.225 e. The summed E-state index contributed by atoms with van der Waals surface area (Å²) in [6, 6.07) is 19.1. The van der Waals surface area contributed by atoms with Gasteiger partial charge in [0, 0.05) is 33.3 Å². The third kappa shape index (κ3) is 6.76. The monoisotopic (exact) mass is 489 g/mol. The van der Waals surface area contributed by atoms with Crippen molar-refractivity contribution in [2.45, 2.75) is 28.9 Å². The van der Waals surface area contributed by atoms with Gasteiger partial charge in [-0.2, -0.15) is 0 Å². The summed E-state index contributed by atoms with van der Waals surface area (Å²) in [6.45, 7) is 1.90. The minimum absolute atomic E-state index is 0.133. The van der Waals surface area contributed by atoms with E-state index < -0.39 is 9.84 Å². The zero-order valence-corrected chi connectivity index (χ0v) is 20.2. The number of hydrogen-bond acceptors (Lipinski definition) is 5. The van der Waals surface area contributed by atoms with Crippen molar-refractivity contribution in [3.8, 4) is 5.75 Å². The highest BCUT2D eigenvalue weighted by Gasteiger charge is 2.18. The Morgan fingerprint density at radius 3 is 2.38 bits per heavy atom. The van der Waals surface area contributed by atoms with Crippen LogP contribution in [0.1, 0.15) is 17.5 Å². The average Bonchev–Trinajstić information content (AvgIpc) is 2.75. The van der Waals surface area contributed by atoms with E-state index in [2.05, 4.69) is 5.32 Å². The van der Waals surface area contributed by atoms with E-state index in [0.29, 0.717) is 34.2 Å². The summed E-state index contributed by atoms with van der Waals surface area (Å²) < 4.78 is 31.0. The van der Waals surface area contributed by atoms with E-state index in [0.717, 1.165) is 10.5 Å². The number of amides is 1. The molecule has 1 amide bonds. The zero-order chi connectivity index (χ0) is 23.1. The maximum atomic E-state index is 12.9. The van der Waals surface area contributed by atoms with Crippen LogP contribution < -0.4 is 10.1 Å². The number of nitrogens with one attached hydrogen (secondary N) is 1. The normalized spacial score (nSPS) is 11.2. The molecule has 0 saturated heterocycles. The van der Waals surface area contributed by atoms with Crippen LogP contribution in [0.25, 0.3) is 0 Å². The Morgan fingerprint density at radius 1 is 1.03 bits per heavy atom. The summed E-state index contributed by atoms with van der Waals surface area (Å²) in [6.07, 6.45) is 0.334. The fraction of sp³-hybridized carbons (Fsp3) is 0.208. The fourth-order valence-electron chi connectivity index (χ4n) is 3.07. The molecule has 0 aliphatic rings. The number of methoxy groups -OCH3 is 1. The van der Waals surface area contributed by atoms with E-state index in [-0.39, 0.29) is 16.6 Å². The number of rotatable bonds is 9. The standard InChI is InChI=1S/C24H24ClNO4S2/c1-17-3-12-23(30-2)18(15-17)16-32(28,29)22-10-6-20(7-11-22)26-24(27)13-14-31-21-8-4-19(25)5-9-21/h3-12,15H,13-14,16H2,1-2H3,(H,26,27). The second-order valence-corrected chi connectivity index (χ2v) is 10.8. The van der Waals surface area contributed by atoms with Gasteiger partial charge >= 0.3 is 0 Å². The Morgan fingerprint density at radius 2 is 1.72 bits per heavy atom. The van der Waals surface area contributed by atoms with E-state index in [9.17, 15) is 13.2 Å². The number of carbonyl (C=O) groups excluding carboxylic acids is 1. The largest absolute Gasteiger partial charge is 0.496 e. The molecule has 0 atom stereocenters. The van der Waals surface area contributed by atoms with Crippen molar-refractivity contribution in [2.75, 3.05) is 18.2 Å². The van der Waals surface area contributed by atoms with Crippen molar-refractivity contribution in [3.63, 3.8) is 0 Å². The number of carbonyl (C=O) groups is 1. The zero-order valence-electron chi connectivity index (χ0n) is 17.8. The Kier molecular flexibility index (Phi) is 8.23. The summed E-state index contributed by atoms with van der Waals surface area (Å²) in [4.78, 5) is 13.4. The highest BCUT2D eigenvalue weighted by molar-refractivity contribution is 7.99. The first-order chi connectivity index (χ1) is 15.3. The summed E-state index contributed by atoms with van der Waals surface area (Å²) in [5.74, 6) is 0.870. The molecule has 0 unspecified atom stereocenters. The van der Waals surface area contributed by atoms with Gasteiger partial charge in [0.2, 0.25) is 5.91 Å². The van der Waals surface area contributed by atoms with Gasteiger partial charge < -0.3 is 10.1 Å². The first-order valence-electron chi connectivity index (χ1n) is 9.91. The molecule has 1 N–H and O–H groups in total. The second-order valence-electron chi connectivity index (χ2n) is 7.20. The van der Waals surface area contributed by atoms with Gasteiger partial charge in [-0.3, -0.25) is 4.79 Å². The Balaban J connectivity index is 1.57. The van der Waals surface area contributed by atoms with Crippen molar-refractivity contribution < 1.29 is 17.9 Å². The van der Waals surface area contributed by atoms with E-state index in [1.807, 2.05) is 43.3 Å². The molecule has 0 aliphatic carbocycles. The molecule has 0 spiro atoms. The molecule has 0 heterocycles. The van der Waals surface area contributed by atoms with Gasteiger partial charge in [0.15, 0.2) is 9.84 Å². The van der Waals surface area contributed by atoms with Crippen molar-refractivity contribution in [3.05, 3.63) is 82.9 Å². The van der Waals surface area contributed by atoms with Crippen LogP contribution in [0.15, 0.2) is 76.5 Å². The number of hydrogen-bond donors (Lipinski definition) is 1. The van der Waals surface area contributed by atoms with E-state index in [1.54, 1.807) is 30.0 Å². The fourth-order valence-corrected chi connectivity index (χ4v) is 5.40. The molecule has 0 aliphatic heterocycles. The maximum Gasteiger partial charge on any atom is 0.225 e. The molecule has 0 fully saturated rings. The molecule has 168 valence electrons. The maximum absolute atomic E-state index is 12.9. The molecule has 32 heavy (non-hydrogen) atoms. The predicted molar refractivity (Wildman–Crippen MR) is 130 cm³/mol. The minimum atomic E-state index is -3.56. The van der Waals surface area contributed by atoms with Gasteiger partial charge in [0.05, 0.1) is 17.8 Å². The molecule has 0 radical (unpaired) electrons. The SMILES string of the molecule is COc1ccc(C)cc1CS(=O)(=O)c1ccc(NC(=O)CCSc2ccc(Cl)cc2)cc1. The average molecular weight is 490 g/mol.